The average Bonchev–Trinajstić information content (AvgIpc) is 3.51. The highest BCUT2D eigenvalue weighted by Gasteiger charge is 2.39. The molecule has 3 aromatic heterocycles. The van der Waals surface area contributed by atoms with Crippen molar-refractivity contribution in [1.82, 2.24) is 29.3 Å². The summed E-state index contributed by atoms with van der Waals surface area (Å²) in [5.74, 6) is -0.648. The maximum atomic E-state index is 14.2. The van der Waals surface area contributed by atoms with E-state index in [2.05, 4.69) is 26.6 Å². The van der Waals surface area contributed by atoms with Crippen LogP contribution in [-0.4, -0.2) is 54.2 Å². The Kier molecular flexibility index (Phi) is 5.87. The Morgan fingerprint density at radius 3 is 2.66 bits per heavy atom. The van der Waals surface area contributed by atoms with E-state index in [-0.39, 0.29) is 35.7 Å². The number of benzene rings is 1. The van der Waals surface area contributed by atoms with Gasteiger partial charge in [0.15, 0.2) is 5.65 Å². The van der Waals surface area contributed by atoms with Gasteiger partial charge in [-0.15, -0.1) is 5.10 Å². The number of carbonyl (C=O) groups is 2. The molecule has 1 saturated carbocycles. The van der Waals surface area contributed by atoms with Gasteiger partial charge in [0, 0.05) is 30.8 Å². The van der Waals surface area contributed by atoms with Crippen molar-refractivity contribution in [1.29, 1.82) is 5.26 Å². The third-order valence-corrected chi connectivity index (χ3v) is 7.40. The van der Waals surface area contributed by atoms with E-state index in [1.165, 1.54) is 12.1 Å². The lowest BCUT2D eigenvalue weighted by atomic mass is 9.84. The lowest BCUT2D eigenvalue weighted by Crippen LogP contribution is -2.48. The first-order chi connectivity index (χ1) is 18.5. The van der Waals surface area contributed by atoms with Gasteiger partial charge >= 0.3 is 0 Å². The number of rotatable bonds is 6. The van der Waals surface area contributed by atoms with E-state index in [1.807, 2.05) is 29.1 Å². The summed E-state index contributed by atoms with van der Waals surface area (Å²) >= 11 is 0. The molecular weight excluding hydrogens is 487 g/mol. The lowest BCUT2D eigenvalue weighted by molar-refractivity contribution is -0.117. The number of hydrogen-bond acceptors (Lipinski definition) is 6. The van der Waals surface area contributed by atoms with Gasteiger partial charge in [-0.05, 0) is 49.9 Å². The third-order valence-electron chi connectivity index (χ3n) is 7.40. The molecule has 1 N–H and O–H groups in total. The van der Waals surface area contributed by atoms with Gasteiger partial charge in [0.05, 0.1) is 35.5 Å². The summed E-state index contributed by atoms with van der Waals surface area (Å²) in [6.45, 7) is 0.763. The number of likely N-dealkylation sites (tertiary alicyclic amines) is 1. The maximum Gasteiger partial charge on any atom is 0.256 e. The van der Waals surface area contributed by atoms with Crippen molar-refractivity contribution in [3.8, 4) is 17.3 Å². The number of nitrogens with zero attached hydrogens (tertiary/aromatic N) is 7. The first-order valence-electron chi connectivity index (χ1n) is 12.6. The first-order valence-corrected chi connectivity index (χ1v) is 12.6. The fourth-order valence-corrected chi connectivity index (χ4v) is 5.01. The summed E-state index contributed by atoms with van der Waals surface area (Å²) < 4.78 is 17.6. The Morgan fingerprint density at radius 2 is 1.92 bits per heavy atom. The van der Waals surface area contributed by atoms with Crippen LogP contribution in [-0.2, 0) is 10.3 Å². The SMILES string of the molecule is N#CCC1(n2cc(-c3cccc4nc(NC(=O)C5CC5)nn34)cn2)CCN(C(=O)c2ccccc2F)CC1. The monoisotopic (exact) mass is 512 g/mol. The number of pyridine rings is 1. The van der Waals surface area contributed by atoms with Gasteiger partial charge in [0.1, 0.15) is 5.82 Å². The van der Waals surface area contributed by atoms with E-state index in [0.717, 1.165) is 24.1 Å². The zero-order valence-electron chi connectivity index (χ0n) is 20.5. The van der Waals surface area contributed by atoms with Crippen LogP contribution in [0.25, 0.3) is 16.9 Å². The number of amides is 2. The highest BCUT2D eigenvalue weighted by molar-refractivity contribution is 5.94. The van der Waals surface area contributed by atoms with Crippen LogP contribution in [0, 0.1) is 23.1 Å². The fraction of sp³-hybridized carbons (Fsp3) is 0.333. The fourth-order valence-electron chi connectivity index (χ4n) is 5.01. The molecule has 2 aliphatic rings. The summed E-state index contributed by atoms with van der Waals surface area (Å²) in [4.78, 5) is 31.1. The van der Waals surface area contributed by atoms with Gasteiger partial charge < -0.3 is 4.90 Å². The minimum atomic E-state index is -0.599. The number of fused-ring (bicyclic) bond motifs is 1. The smallest absolute Gasteiger partial charge is 0.256 e. The van der Waals surface area contributed by atoms with E-state index < -0.39 is 11.4 Å². The highest BCUT2D eigenvalue weighted by Crippen LogP contribution is 2.35. The summed E-state index contributed by atoms with van der Waals surface area (Å²) in [5.41, 5.74) is 1.57. The Bertz CT molecular complexity index is 1570. The van der Waals surface area contributed by atoms with Gasteiger partial charge in [-0.2, -0.15) is 15.3 Å². The van der Waals surface area contributed by atoms with Gasteiger partial charge in [-0.3, -0.25) is 19.6 Å². The Morgan fingerprint density at radius 1 is 1.13 bits per heavy atom. The van der Waals surface area contributed by atoms with E-state index in [9.17, 15) is 19.2 Å². The number of aromatic nitrogens is 5. The van der Waals surface area contributed by atoms with Crippen molar-refractivity contribution in [2.75, 3.05) is 18.4 Å². The minimum absolute atomic E-state index is 0.0454. The molecule has 38 heavy (non-hydrogen) atoms. The number of carbonyl (C=O) groups excluding carboxylic acids is 2. The number of anilines is 1. The van der Waals surface area contributed by atoms with E-state index in [0.29, 0.717) is 31.6 Å². The second-order valence-corrected chi connectivity index (χ2v) is 9.88. The zero-order valence-corrected chi connectivity index (χ0v) is 20.5. The van der Waals surface area contributed by atoms with Crippen molar-refractivity contribution in [2.45, 2.75) is 37.6 Å². The number of hydrogen-bond donors (Lipinski definition) is 1. The summed E-state index contributed by atoms with van der Waals surface area (Å²) in [5, 5.41) is 21.5. The van der Waals surface area contributed by atoms with E-state index in [1.54, 1.807) is 27.7 Å². The number of nitrogens with one attached hydrogen (secondary N) is 1. The van der Waals surface area contributed by atoms with Crippen LogP contribution in [0.15, 0.2) is 54.9 Å². The highest BCUT2D eigenvalue weighted by atomic mass is 19.1. The average molecular weight is 513 g/mol. The molecule has 2 amide bonds. The van der Waals surface area contributed by atoms with Gasteiger partial charge in [-0.25, -0.2) is 8.91 Å². The predicted octanol–water partition coefficient (Wildman–Crippen LogP) is 3.63. The molecule has 192 valence electrons. The van der Waals surface area contributed by atoms with E-state index in [4.69, 9.17) is 0 Å². The molecule has 4 heterocycles. The second kappa shape index (κ2) is 9.37. The molecule has 1 aliphatic heterocycles. The largest absolute Gasteiger partial charge is 0.338 e. The predicted molar refractivity (Wildman–Crippen MR) is 135 cm³/mol. The molecule has 0 spiro atoms. The van der Waals surface area contributed by atoms with Crippen LogP contribution in [0.3, 0.4) is 0 Å². The molecule has 10 nitrogen and oxygen atoms in total. The van der Waals surface area contributed by atoms with Crippen molar-refractivity contribution >= 4 is 23.4 Å². The second-order valence-electron chi connectivity index (χ2n) is 9.88. The molecule has 6 rings (SSSR count). The van der Waals surface area contributed by atoms with Gasteiger partial charge in [0.25, 0.3) is 5.91 Å². The van der Waals surface area contributed by atoms with Crippen LogP contribution in [0.2, 0.25) is 0 Å². The molecule has 0 bridgehead atoms. The molecular formula is C27H25FN8O2. The molecule has 1 aliphatic carbocycles. The van der Waals surface area contributed by atoms with Crippen LogP contribution in [0.1, 0.15) is 42.5 Å². The van der Waals surface area contributed by atoms with Gasteiger partial charge in [-0.1, -0.05) is 18.2 Å². The molecule has 4 aromatic rings. The van der Waals surface area contributed by atoms with Crippen LogP contribution in [0.4, 0.5) is 10.3 Å². The van der Waals surface area contributed by atoms with Crippen LogP contribution in [0.5, 0.6) is 0 Å². The molecule has 0 unspecified atom stereocenters. The Labute approximate surface area is 217 Å². The standard InChI is InChI=1S/C27H25FN8O2/c28-21-5-2-1-4-20(21)25(38)34-14-11-27(10-13-29,12-15-34)35-17-19(16-30-35)22-6-3-7-23-31-26(33-36(22)23)32-24(37)18-8-9-18/h1-7,16-18H,8-12,14-15H2,(H,32,33,37). The molecule has 1 aromatic carbocycles. The van der Waals surface area contributed by atoms with Crippen LogP contribution < -0.4 is 5.32 Å². The lowest BCUT2D eigenvalue weighted by Gasteiger charge is -2.40. The zero-order chi connectivity index (χ0) is 26.3. The molecule has 1 saturated heterocycles. The normalized spacial score (nSPS) is 16.8. The maximum absolute atomic E-state index is 14.2. The molecule has 0 radical (unpaired) electrons. The topological polar surface area (TPSA) is 121 Å². The first kappa shape index (κ1) is 23.8. The van der Waals surface area contributed by atoms with Crippen molar-refractivity contribution in [3.05, 3.63) is 66.2 Å². The summed E-state index contributed by atoms with van der Waals surface area (Å²) in [6.07, 6.45) is 6.62. The third kappa shape index (κ3) is 4.28. The Hall–Kier alpha value is -4.59. The summed E-state index contributed by atoms with van der Waals surface area (Å²) in [6, 6.07) is 13.8. The molecule has 0 atom stereocenters. The minimum Gasteiger partial charge on any atom is -0.338 e. The van der Waals surface area contributed by atoms with Crippen molar-refractivity contribution in [2.24, 2.45) is 5.92 Å². The number of piperidine rings is 1. The molecule has 2 fully saturated rings. The molecule has 11 heteroatoms. The quantitative estimate of drug-likeness (QED) is 0.421. The summed E-state index contributed by atoms with van der Waals surface area (Å²) in [7, 11) is 0. The number of nitriles is 1. The van der Waals surface area contributed by atoms with Crippen LogP contribution >= 0.6 is 0 Å². The Balaban J connectivity index is 1.24. The van der Waals surface area contributed by atoms with Crippen molar-refractivity contribution < 1.29 is 14.0 Å². The van der Waals surface area contributed by atoms with Crippen molar-refractivity contribution in [3.63, 3.8) is 0 Å². The van der Waals surface area contributed by atoms with Gasteiger partial charge in [0.2, 0.25) is 11.9 Å². The van der Waals surface area contributed by atoms with E-state index >= 15 is 0 Å². The number of halogens is 1.